The first-order valence-corrected chi connectivity index (χ1v) is 6.53. The summed E-state index contributed by atoms with van der Waals surface area (Å²) in [6, 6.07) is 0. The van der Waals surface area contributed by atoms with Crippen molar-refractivity contribution in [3.8, 4) is 0 Å². The van der Waals surface area contributed by atoms with Gasteiger partial charge in [-0.2, -0.15) is 13.2 Å². The van der Waals surface area contributed by atoms with Gasteiger partial charge in [0.15, 0.2) is 0 Å². The fourth-order valence-electron chi connectivity index (χ4n) is 2.02. The summed E-state index contributed by atoms with van der Waals surface area (Å²) in [7, 11) is 0. The van der Waals surface area contributed by atoms with E-state index in [1.165, 1.54) is 12.2 Å². The normalized spacial score (nSPS) is 18.5. The van der Waals surface area contributed by atoms with Gasteiger partial charge in [-0.1, -0.05) is 37.5 Å². The molecular weight excluding hydrogens is 279 g/mol. The number of hydrogen-bond donors (Lipinski definition) is 0. The molecule has 1 aromatic rings. The lowest BCUT2D eigenvalue weighted by Gasteiger charge is -2.18. The topological polar surface area (TPSA) is 26.0 Å². The maximum absolute atomic E-state index is 12.6. The number of allylic oxidation sites excluding steroid dienone is 6. The number of rotatable bonds is 4. The summed E-state index contributed by atoms with van der Waals surface area (Å²) in [5.41, 5.74) is 2.08. The van der Waals surface area contributed by atoms with E-state index in [0.29, 0.717) is 29.3 Å². The molecule has 1 aliphatic carbocycles. The molecule has 0 saturated carbocycles. The van der Waals surface area contributed by atoms with E-state index >= 15 is 0 Å². The molecule has 0 aliphatic heterocycles. The van der Waals surface area contributed by atoms with Gasteiger partial charge in [-0.05, 0) is 18.9 Å². The fraction of sp³-hybridized carbons (Fsp3) is 0.312. The average molecular weight is 295 g/mol. The molecule has 5 heteroatoms. The molecule has 1 atom stereocenters. The molecule has 1 heterocycles. The monoisotopic (exact) mass is 295 g/mol. The minimum Gasteiger partial charge on any atom is -0.441 e. The summed E-state index contributed by atoms with van der Waals surface area (Å²) in [4.78, 5) is 4.27. The first-order valence-electron chi connectivity index (χ1n) is 6.53. The van der Waals surface area contributed by atoms with E-state index in [-0.39, 0.29) is 6.42 Å². The second kappa shape index (κ2) is 5.76. The molecule has 0 aromatic carbocycles. The number of hydrogen-bond acceptors (Lipinski definition) is 2. The zero-order chi connectivity index (χ0) is 15.6. The van der Waals surface area contributed by atoms with Gasteiger partial charge in [0.05, 0.1) is 11.6 Å². The SMILES string of the molecule is C=CC(=C)Cc1oc(C2=CCC(C(F)(F)F)C=C2)nc1C. The highest BCUT2D eigenvalue weighted by atomic mass is 19.4. The molecule has 2 nitrogen and oxygen atoms in total. The molecule has 0 N–H and O–H groups in total. The van der Waals surface area contributed by atoms with Crippen molar-refractivity contribution >= 4 is 5.57 Å². The second-order valence-corrected chi connectivity index (χ2v) is 4.97. The van der Waals surface area contributed by atoms with Gasteiger partial charge >= 0.3 is 6.18 Å². The highest BCUT2D eigenvalue weighted by Gasteiger charge is 2.38. The molecule has 0 saturated heterocycles. The summed E-state index contributed by atoms with van der Waals surface area (Å²) in [6.45, 7) is 9.23. The minimum absolute atomic E-state index is 0.0918. The van der Waals surface area contributed by atoms with E-state index in [9.17, 15) is 13.2 Å². The first-order chi connectivity index (χ1) is 9.81. The zero-order valence-electron chi connectivity index (χ0n) is 11.7. The Kier molecular flexibility index (Phi) is 4.21. The van der Waals surface area contributed by atoms with Gasteiger partial charge in [-0.3, -0.25) is 0 Å². The average Bonchev–Trinajstić information content (AvgIpc) is 2.79. The molecule has 0 amide bonds. The Labute approximate surface area is 121 Å². The maximum atomic E-state index is 12.6. The molecule has 1 aliphatic rings. The lowest BCUT2D eigenvalue weighted by atomic mass is 9.96. The summed E-state index contributed by atoms with van der Waals surface area (Å²) in [5.74, 6) is -0.435. The first kappa shape index (κ1) is 15.4. The third-order valence-corrected chi connectivity index (χ3v) is 3.34. The van der Waals surface area contributed by atoms with Crippen LogP contribution in [0.1, 0.15) is 23.8 Å². The van der Waals surface area contributed by atoms with Crippen LogP contribution in [0.3, 0.4) is 0 Å². The van der Waals surface area contributed by atoms with Crippen LogP contribution in [-0.4, -0.2) is 11.2 Å². The number of oxazole rings is 1. The molecule has 21 heavy (non-hydrogen) atoms. The Bertz CT molecular complexity index is 620. The quantitative estimate of drug-likeness (QED) is 0.746. The fourth-order valence-corrected chi connectivity index (χ4v) is 2.02. The van der Waals surface area contributed by atoms with Crippen molar-refractivity contribution in [3.63, 3.8) is 0 Å². The number of nitrogens with zero attached hydrogens (tertiary/aromatic N) is 1. The third-order valence-electron chi connectivity index (χ3n) is 3.34. The summed E-state index contributed by atoms with van der Waals surface area (Å²) in [6.07, 6.45) is 1.90. The Hall–Kier alpha value is -2.04. The van der Waals surface area contributed by atoms with Crippen LogP contribution in [0.4, 0.5) is 13.2 Å². The summed E-state index contributed by atoms with van der Waals surface area (Å²) in [5, 5.41) is 0. The van der Waals surface area contributed by atoms with Gasteiger partial charge in [0.2, 0.25) is 5.89 Å². The van der Waals surface area contributed by atoms with Crippen LogP contribution in [0.5, 0.6) is 0 Å². The summed E-state index contributed by atoms with van der Waals surface area (Å²) < 4.78 is 43.4. The molecule has 0 radical (unpaired) electrons. The van der Waals surface area contributed by atoms with Gasteiger partial charge in [-0.15, -0.1) is 0 Å². The van der Waals surface area contributed by atoms with E-state index < -0.39 is 12.1 Å². The molecule has 0 fully saturated rings. The van der Waals surface area contributed by atoms with Gasteiger partial charge in [0, 0.05) is 12.0 Å². The number of aromatic nitrogens is 1. The Morgan fingerprint density at radius 2 is 2.24 bits per heavy atom. The van der Waals surface area contributed by atoms with Gasteiger partial charge < -0.3 is 4.42 Å². The standard InChI is InChI=1S/C16H16F3NO/c1-4-10(2)9-14-11(3)20-15(21-14)12-5-7-13(8-6-12)16(17,18)19/h4-7,13H,1-2,8-9H2,3H3. The van der Waals surface area contributed by atoms with Crippen molar-refractivity contribution < 1.29 is 17.6 Å². The lowest BCUT2D eigenvalue weighted by molar-refractivity contribution is -0.160. The van der Waals surface area contributed by atoms with E-state index in [1.54, 1.807) is 13.0 Å². The van der Waals surface area contributed by atoms with Crippen LogP contribution < -0.4 is 0 Å². The maximum Gasteiger partial charge on any atom is 0.395 e. The Balaban J connectivity index is 2.16. The summed E-state index contributed by atoms with van der Waals surface area (Å²) >= 11 is 0. The molecule has 1 aromatic heterocycles. The number of aryl methyl sites for hydroxylation is 1. The van der Waals surface area contributed by atoms with Crippen molar-refractivity contribution in [1.29, 1.82) is 0 Å². The smallest absolute Gasteiger partial charge is 0.395 e. The van der Waals surface area contributed by atoms with Crippen molar-refractivity contribution in [3.05, 3.63) is 60.4 Å². The largest absolute Gasteiger partial charge is 0.441 e. The predicted octanol–water partition coefficient (Wildman–Crippen LogP) is 4.79. The van der Waals surface area contributed by atoms with Crippen LogP contribution in [0.15, 0.2) is 47.5 Å². The van der Waals surface area contributed by atoms with Gasteiger partial charge in [0.25, 0.3) is 0 Å². The minimum atomic E-state index is -4.21. The predicted molar refractivity (Wildman–Crippen MR) is 75.6 cm³/mol. The molecule has 0 spiro atoms. The molecule has 1 unspecified atom stereocenters. The van der Waals surface area contributed by atoms with Crippen LogP contribution in [0.2, 0.25) is 0 Å². The number of alkyl halides is 3. The highest BCUT2D eigenvalue weighted by Crippen LogP contribution is 2.35. The molecule has 112 valence electrons. The van der Waals surface area contributed by atoms with E-state index in [1.807, 2.05) is 0 Å². The second-order valence-electron chi connectivity index (χ2n) is 4.97. The Morgan fingerprint density at radius 1 is 1.52 bits per heavy atom. The molecule has 0 bridgehead atoms. The van der Waals surface area contributed by atoms with Crippen LogP contribution >= 0.6 is 0 Å². The van der Waals surface area contributed by atoms with Crippen LogP contribution in [0.25, 0.3) is 5.57 Å². The van der Waals surface area contributed by atoms with Crippen molar-refractivity contribution in [2.75, 3.05) is 0 Å². The van der Waals surface area contributed by atoms with Crippen LogP contribution in [0, 0.1) is 12.8 Å². The lowest BCUT2D eigenvalue weighted by Crippen LogP contribution is -2.21. The molecular formula is C16H16F3NO. The number of halogens is 3. The van der Waals surface area contributed by atoms with E-state index in [0.717, 1.165) is 11.6 Å². The highest BCUT2D eigenvalue weighted by molar-refractivity contribution is 5.70. The van der Waals surface area contributed by atoms with Crippen molar-refractivity contribution in [1.82, 2.24) is 4.98 Å². The third kappa shape index (κ3) is 3.54. The van der Waals surface area contributed by atoms with Crippen molar-refractivity contribution in [2.45, 2.75) is 25.9 Å². The van der Waals surface area contributed by atoms with Gasteiger partial charge in [-0.25, -0.2) is 4.98 Å². The van der Waals surface area contributed by atoms with Crippen molar-refractivity contribution in [2.24, 2.45) is 5.92 Å². The van der Waals surface area contributed by atoms with E-state index in [4.69, 9.17) is 4.42 Å². The van der Waals surface area contributed by atoms with Gasteiger partial charge in [0.1, 0.15) is 5.76 Å². The van der Waals surface area contributed by atoms with Crippen LogP contribution in [-0.2, 0) is 6.42 Å². The zero-order valence-corrected chi connectivity index (χ0v) is 11.7. The molecule has 2 rings (SSSR count). The Morgan fingerprint density at radius 3 is 2.76 bits per heavy atom. The van der Waals surface area contributed by atoms with E-state index in [2.05, 4.69) is 18.1 Å².